The minimum atomic E-state index is -1.90. The minimum Gasteiger partial charge on any atom is -0.772 e. The molecule has 0 aromatic carbocycles. The number of hydrogen-bond donors (Lipinski definition) is 1. The van der Waals surface area contributed by atoms with Crippen molar-refractivity contribution in [3.63, 3.8) is 0 Å². The quantitative estimate of drug-likeness (QED) is 0.760. The van der Waals surface area contributed by atoms with Gasteiger partial charge >= 0.3 is 0 Å². The Morgan fingerprint density at radius 1 is 1.43 bits per heavy atom. The average Bonchev–Trinajstić information content (AvgIpc) is 2.17. The lowest BCUT2D eigenvalue weighted by Crippen LogP contribution is -2.29. The summed E-state index contributed by atoms with van der Waals surface area (Å²) >= 11 is -1.90. The summed E-state index contributed by atoms with van der Waals surface area (Å²) in [4.78, 5) is 0. The van der Waals surface area contributed by atoms with Crippen LogP contribution in [0.2, 0.25) is 0 Å². The Kier molecular flexibility index (Phi) is 6.95. The molecule has 2 N–H and O–H groups in total. The van der Waals surface area contributed by atoms with Crippen LogP contribution in [0.25, 0.3) is 0 Å². The number of rotatable bonds is 3. The fourth-order valence-corrected chi connectivity index (χ4v) is 2.64. The molecule has 0 amide bonds. The van der Waals surface area contributed by atoms with Crippen molar-refractivity contribution in [3.05, 3.63) is 0 Å². The van der Waals surface area contributed by atoms with Crippen LogP contribution < -0.4 is 5.73 Å². The molecule has 1 rings (SSSR count). The molecular weight excluding hydrogens is 222 g/mol. The average molecular weight is 241 g/mol. The zero-order valence-corrected chi connectivity index (χ0v) is 10.1. The molecule has 1 saturated carbocycles. The molecule has 0 saturated heterocycles. The van der Waals surface area contributed by atoms with E-state index in [2.05, 4.69) is 0 Å². The first-order chi connectivity index (χ1) is 6.15. The van der Waals surface area contributed by atoms with Crippen LogP contribution in [-0.2, 0) is 11.1 Å². The lowest BCUT2D eigenvalue weighted by molar-refractivity contribution is 0.273. The molecule has 1 fully saturated rings. The van der Waals surface area contributed by atoms with Crippen LogP contribution in [0.4, 0.5) is 0 Å². The van der Waals surface area contributed by atoms with Crippen molar-refractivity contribution >= 4 is 23.5 Å². The van der Waals surface area contributed by atoms with Gasteiger partial charge in [0, 0.05) is 5.25 Å². The van der Waals surface area contributed by atoms with Crippen molar-refractivity contribution in [2.75, 3.05) is 6.54 Å². The Hall–Kier alpha value is 0.360. The molecule has 0 aromatic rings. The fourth-order valence-electron chi connectivity index (χ4n) is 2.05. The highest BCUT2D eigenvalue weighted by Crippen LogP contribution is 2.31. The van der Waals surface area contributed by atoms with Crippen LogP contribution in [0.5, 0.6) is 0 Å². The molecule has 0 aliphatic heterocycles. The van der Waals surface area contributed by atoms with E-state index in [4.69, 9.17) is 5.73 Å². The van der Waals surface area contributed by atoms with E-state index in [1.165, 1.54) is 0 Å². The lowest BCUT2D eigenvalue weighted by Gasteiger charge is -2.32. The Morgan fingerprint density at radius 2 is 1.93 bits per heavy atom. The molecule has 0 bridgehead atoms. The van der Waals surface area contributed by atoms with E-state index in [1.54, 1.807) is 6.92 Å². The van der Waals surface area contributed by atoms with E-state index in [9.17, 15) is 8.76 Å². The maximum atomic E-state index is 10.7. The van der Waals surface area contributed by atoms with Gasteiger partial charge < -0.3 is 10.3 Å². The highest BCUT2D eigenvalue weighted by Gasteiger charge is 2.24. The number of halogens is 1. The van der Waals surface area contributed by atoms with Gasteiger partial charge in [0.15, 0.2) is 0 Å². The molecule has 14 heavy (non-hydrogen) atoms. The molecule has 0 heterocycles. The fraction of sp³-hybridized carbons (Fsp3) is 1.00. The first-order valence-corrected chi connectivity index (χ1v) is 6.07. The molecule has 1 aliphatic carbocycles. The predicted molar refractivity (Wildman–Crippen MR) is 60.1 cm³/mol. The van der Waals surface area contributed by atoms with Crippen LogP contribution >= 0.6 is 12.4 Å². The van der Waals surface area contributed by atoms with Crippen molar-refractivity contribution in [1.29, 1.82) is 0 Å². The number of hydrogen-bond acceptors (Lipinski definition) is 3. The largest absolute Gasteiger partial charge is 0.772 e. The molecule has 5 heteroatoms. The van der Waals surface area contributed by atoms with Crippen molar-refractivity contribution in [2.24, 2.45) is 17.6 Å². The van der Waals surface area contributed by atoms with Crippen LogP contribution in [-0.4, -0.2) is 20.6 Å². The topological polar surface area (TPSA) is 66.2 Å². The maximum absolute atomic E-state index is 10.7. The van der Waals surface area contributed by atoms with E-state index >= 15 is 0 Å². The van der Waals surface area contributed by atoms with Gasteiger partial charge in [0.25, 0.3) is 0 Å². The molecule has 2 unspecified atom stereocenters. The van der Waals surface area contributed by atoms with Crippen LogP contribution in [0.15, 0.2) is 0 Å². The summed E-state index contributed by atoms with van der Waals surface area (Å²) < 4.78 is 21.4. The van der Waals surface area contributed by atoms with Crippen molar-refractivity contribution < 1.29 is 8.76 Å². The smallest absolute Gasteiger partial charge is 0.0215 e. The summed E-state index contributed by atoms with van der Waals surface area (Å²) in [6.45, 7) is 2.55. The van der Waals surface area contributed by atoms with Gasteiger partial charge in [-0.25, -0.2) is 0 Å². The predicted octanol–water partition coefficient (Wildman–Crippen LogP) is 1.44. The van der Waals surface area contributed by atoms with Gasteiger partial charge in [-0.05, 0) is 44.1 Å². The molecule has 0 radical (unpaired) electrons. The summed E-state index contributed by atoms with van der Waals surface area (Å²) in [5.74, 6) is 0.990. The van der Waals surface area contributed by atoms with Gasteiger partial charge in [-0.2, -0.15) is 0 Å². The highest BCUT2D eigenvalue weighted by atomic mass is 35.5. The zero-order valence-electron chi connectivity index (χ0n) is 8.48. The molecule has 0 spiro atoms. The summed E-state index contributed by atoms with van der Waals surface area (Å²) in [7, 11) is 0. The SMILES string of the molecule is CC(C1CCC(CN)CC1)S(=O)[O-].Cl. The van der Waals surface area contributed by atoms with E-state index in [0.29, 0.717) is 11.8 Å². The van der Waals surface area contributed by atoms with Crippen LogP contribution in [0.3, 0.4) is 0 Å². The van der Waals surface area contributed by atoms with Crippen LogP contribution in [0, 0.1) is 11.8 Å². The Morgan fingerprint density at radius 3 is 2.29 bits per heavy atom. The van der Waals surface area contributed by atoms with Gasteiger partial charge in [0.1, 0.15) is 0 Å². The summed E-state index contributed by atoms with van der Waals surface area (Å²) in [6.07, 6.45) is 4.25. The Labute approximate surface area is 94.5 Å². The Bertz CT molecular complexity index is 184. The summed E-state index contributed by atoms with van der Waals surface area (Å²) in [5.41, 5.74) is 5.56. The molecule has 0 aromatic heterocycles. The second-order valence-corrected chi connectivity index (χ2v) is 5.25. The molecule has 2 atom stereocenters. The van der Waals surface area contributed by atoms with E-state index in [-0.39, 0.29) is 17.7 Å². The number of nitrogens with two attached hydrogens (primary N) is 1. The van der Waals surface area contributed by atoms with Crippen LogP contribution in [0.1, 0.15) is 32.6 Å². The van der Waals surface area contributed by atoms with Crippen molar-refractivity contribution in [1.82, 2.24) is 0 Å². The minimum absolute atomic E-state index is 0. The highest BCUT2D eigenvalue weighted by molar-refractivity contribution is 7.79. The standard InChI is InChI=1S/C9H19NO2S.ClH/c1-7(13(11)12)9-4-2-8(6-10)3-5-9;/h7-9H,2-6,10H2,1H3,(H,11,12);1H/p-1. The van der Waals surface area contributed by atoms with Gasteiger partial charge in [0.2, 0.25) is 0 Å². The summed E-state index contributed by atoms with van der Waals surface area (Å²) in [6, 6.07) is 0. The first-order valence-electron chi connectivity index (χ1n) is 4.93. The van der Waals surface area contributed by atoms with Gasteiger partial charge in [0.05, 0.1) is 0 Å². The molecule has 1 aliphatic rings. The van der Waals surface area contributed by atoms with E-state index in [0.717, 1.165) is 32.2 Å². The third kappa shape index (κ3) is 3.85. The second-order valence-electron chi connectivity index (χ2n) is 3.98. The van der Waals surface area contributed by atoms with E-state index < -0.39 is 11.1 Å². The summed E-state index contributed by atoms with van der Waals surface area (Å²) in [5, 5.41) is -0.182. The molecular formula is C9H19ClNO2S-. The van der Waals surface area contributed by atoms with Gasteiger partial charge in [-0.3, -0.25) is 4.21 Å². The van der Waals surface area contributed by atoms with Gasteiger partial charge in [-0.1, -0.05) is 18.0 Å². The van der Waals surface area contributed by atoms with E-state index in [1.807, 2.05) is 0 Å². The lowest BCUT2D eigenvalue weighted by atomic mass is 9.81. The molecule has 3 nitrogen and oxygen atoms in total. The van der Waals surface area contributed by atoms with Crippen molar-refractivity contribution in [3.8, 4) is 0 Å². The maximum Gasteiger partial charge on any atom is 0.0215 e. The normalized spacial score (nSPS) is 31.6. The van der Waals surface area contributed by atoms with Crippen molar-refractivity contribution in [2.45, 2.75) is 37.9 Å². The monoisotopic (exact) mass is 240 g/mol. The third-order valence-electron chi connectivity index (χ3n) is 3.19. The second kappa shape index (κ2) is 6.77. The first kappa shape index (κ1) is 14.4. The molecule has 86 valence electrons. The Balaban J connectivity index is 0.00000169. The van der Waals surface area contributed by atoms with Gasteiger partial charge in [-0.15, -0.1) is 12.4 Å². The zero-order chi connectivity index (χ0) is 9.84. The third-order valence-corrected chi connectivity index (χ3v) is 4.18.